The summed E-state index contributed by atoms with van der Waals surface area (Å²) in [7, 11) is 0. The van der Waals surface area contributed by atoms with E-state index >= 15 is 0 Å². The van der Waals surface area contributed by atoms with Crippen molar-refractivity contribution in [1.29, 1.82) is 0 Å². The van der Waals surface area contributed by atoms with Gasteiger partial charge in [-0.3, -0.25) is 9.67 Å². The summed E-state index contributed by atoms with van der Waals surface area (Å²) in [6.07, 6.45) is 3.24. The first-order valence-corrected chi connectivity index (χ1v) is 8.23. The van der Waals surface area contributed by atoms with Crippen molar-refractivity contribution in [3.05, 3.63) is 15.5 Å². The number of H-pyrrole nitrogens is 1. The van der Waals surface area contributed by atoms with E-state index in [4.69, 9.17) is 21.9 Å². The van der Waals surface area contributed by atoms with Crippen LogP contribution in [0.3, 0.4) is 0 Å². The molecule has 5 nitrogen and oxygen atoms in total. The highest BCUT2D eigenvalue weighted by Gasteiger charge is 2.25. The second-order valence-electron chi connectivity index (χ2n) is 4.78. The third-order valence-electron chi connectivity index (χ3n) is 3.53. The number of ether oxygens (including phenoxy) is 1. The van der Waals surface area contributed by atoms with E-state index in [1.54, 1.807) is 11.3 Å². The van der Waals surface area contributed by atoms with E-state index in [1.165, 1.54) is 0 Å². The number of hydrogen-bond acceptors (Lipinski definition) is 5. The molecule has 108 valence electrons. The van der Waals surface area contributed by atoms with Gasteiger partial charge in [-0.1, -0.05) is 6.92 Å². The van der Waals surface area contributed by atoms with Gasteiger partial charge in [0.2, 0.25) is 0 Å². The SMILES string of the molecule is CCc1nc(C2CCCO2)sc1-c1n[nH]c(=S)n1CC. The van der Waals surface area contributed by atoms with E-state index in [0.29, 0.717) is 4.77 Å². The van der Waals surface area contributed by atoms with Gasteiger partial charge in [0.25, 0.3) is 0 Å². The lowest BCUT2D eigenvalue weighted by molar-refractivity contribution is 0.111. The highest BCUT2D eigenvalue weighted by molar-refractivity contribution is 7.71. The zero-order valence-corrected chi connectivity index (χ0v) is 13.3. The predicted molar refractivity (Wildman–Crippen MR) is 81.5 cm³/mol. The lowest BCUT2D eigenvalue weighted by atomic mass is 10.2. The first kappa shape index (κ1) is 13.9. The van der Waals surface area contributed by atoms with Crippen molar-refractivity contribution in [3.8, 4) is 10.7 Å². The molecule has 0 aliphatic carbocycles. The smallest absolute Gasteiger partial charge is 0.195 e. The quantitative estimate of drug-likeness (QED) is 0.878. The van der Waals surface area contributed by atoms with E-state index in [2.05, 4.69) is 24.0 Å². The van der Waals surface area contributed by atoms with Gasteiger partial charge in [0, 0.05) is 13.2 Å². The second-order valence-corrected chi connectivity index (χ2v) is 6.20. The molecular weight excluding hydrogens is 292 g/mol. The van der Waals surface area contributed by atoms with Crippen LogP contribution in [-0.2, 0) is 17.7 Å². The third kappa shape index (κ3) is 2.34. The molecule has 1 aliphatic rings. The number of aromatic amines is 1. The average Bonchev–Trinajstić information content (AvgIpc) is 3.16. The summed E-state index contributed by atoms with van der Waals surface area (Å²) in [6.45, 7) is 5.84. The van der Waals surface area contributed by atoms with Crippen LogP contribution in [0.5, 0.6) is 0 Å². The Morgan fingerprint density at radius 3 is 3.00 bits per heavy atom. The standard InChI is InChI=1S/C13H18N4OS2/c1-3-8-10(11-15-16-13(19)17(11)4-2)20-12(14-8)9-6-5-7-18-9/h9H,3-7H2,1-2H3,(H,16,19). The monoisotopic (exact) mass is 310 g/mol. The molecule has 0 radical (unpaired) electrons. The molecule has 1 saturated heterocycles. The summed E-state index contributed by atoms with van der Waals surface area (Å²) < 4.78 is 8.42. The van der Waals surface area contributed by atoms with Gasteiger partial charge in [-0.25, -0.2) is 4.98 Å². The maximum Gasteiger partial charge on any atom is 0.195 e. The molecule has 0 bridgehead atoms. The molecule has 20 heavy (non-hydrogen) atoms. The largest absolute Gasteiger partial charge is 0.371 e. The summed E-state index contributed by atoms with van der Waals surface area (Å²) >= 11 is 6.96. The Morgan fingerprint density at radius 1 is 1.50 bits per heavy atom. The van der Waals surface area contributed by atoms with Gasteiger partial charge in [0.05, 0.1) is 10.6 Å². The fraction of sp³-hybridized carbons (Fsp3) is 0.615. The number of hydrogen-bond donors (Lipinski definition) is 1. The summed E-state index contributed by atoms with van der Waals surface area (Å²) in [5.41, 5.74) is 1.09. The number of nitrogens with one attached hydrogen (secondary N) is 1. The lowest BCUT2D eigenvalue weighted by Gasteiger charge is -2.03. The minimum Gasteiger partial charge on any atom is -0.371 e. The molecular formula is C13H18N4OS2. The molecule has 3 rings (SSSR count). The average molecular weight is 310 g/mol. The molecule has 1 N–H and O–H groups in total. The van der Waals surface area contributed by atoms with Gasteiger partial charge in [-0.2, -0.15) is 5.10 Å². The van der Waals surface area contributed by atoms with Crippen LogP contribution in [-0.4, -0.2) is 26.4 Å². The Balaban J connectivity index is 2.05. The van der Waals surface area contributed by atoms with Crippen LogP contribution in [0.4, 0.5) is 0 Å². The molecule has 0 spiro atoms. The van der Waals surface area contributed by atoms with Crippen LogP contribution in [0, 0.1) is 4.77 Å². The zero-order valence-electron chi connectivity index (χ0n) is 11.7. The number of nitrogens with zero attached hydrogens (tertiary/aromatic N) is 3. The molecule has 1 atom stereocenters. The number of thiazole rings is 1. The lowest BCUT2D eigenvalue weighted by Crippen LogP contribution is -1.98. The molecule has 7 heteroatoms. The maximum atomic E-state index is 5.74. The topological polar surface area (TPSA) is 55.7 Å². The van der Waals surface area contributed by atoms with Crippen LogP contribution < -0.4 is 0 Å². The van der Waals surface area contributed by atoms with Crippen molar-refractivity contribution >= 4 is 23.6 Å². The van der Waals surface area contributed by atoms with Crippen molar-refractivity contribution in [2.24, 2.45) is 0 Å². The number of rotatable bonds is 4. The minimum atomic E-state index is 0.163. The fourth-order valence-corrected chi connectivity index (χ4v) is 3.98. The van der Waals surface area contributed by atoms with Crippen LogP contribution in [0.2, 0.25) is 0 Å². The molecule has 0 saturated carbocycles. The van der Waals surface area contributed by atoms with Crippen LogP contribution >= 0.6 is 23.6 Å². The van der Waals surface area contributed by atoms with Crippen LogP contribution in [0.1, 0.15) is 43.5 Å². The molecule has 1 unspecified atom stereocenters. The summed E-state index contributed by atoms with van der Waals surface area (Å²) in [5, 5.41) is 8.34. The summed E-state index contributed by atoms with van der Waals surface area (Å²) in [4.78, 5) is 5.88. The van der Waals surface area contributed by atoms with E-state index in [-0.39, 0.29) is 6.10 Å². The molecule has 2 aromatic rings. The molecule has 1 aliphatic heterocycles. The van der Waals surface area contributed by atoms with Gasteiger partial charge in [0.15, 0.2) is 10.6 Å². The zero-order chi connectivity index (χ0) is 14.1. The maximum absolute atomic E-state index is 5.74. The summed E-state index contributed by atoms with van der Waals surface area (Å²) in [6, 6.07) is 0. The Labute approximate surface area is 127 Å². The third-order valence-corrected chi connectivity index (χ3v) is 5.03. The van der Waals surface area contributed by atoms with Crippen molar-refractivity contribution < 1.29 is 4.74 Å². The van der Waals surface area contributed by atoms with E-state index in [1.807, 2.05) is 4.57 Å². The summed E-state index contributed by atoms with van der Waals surface area (Å²) in [5.74, 6) is 0.899. The minimum absolute atomic E-state index is 0.163. The van der Waals surface area contributed by atoms with Crippen LogP contribution in [0.15, 0.2) is 0 Å². The molecule has 2 aromatic heterocycles. The highest BCUT2D eigenvalue weighted by atomic mass is 32.1. The molecule has 0 amide bonds. The molecule has 1 fully saturated rings. The number of aromatic nitrogens is 4. The highest BCUT2D eigenvalue weighted by Crippen LogP contribution is 2.37. The first-order valence-electron chi connectivity index (χ1n) is 7.01. The normalized spacial score (nSPS) is 18.8. The van der Waals surface area contributed by atoms with E-state index in [9.17, 15) is 0 Å². The Bertz CT molecular complexity index is 652. The van der Waals surface area contributed by atoms with Crippen molar-refractivity contribution in [2.45, 2.75) is 45.8 Å². The first-order chi connectivity index (χ1) is 9.74. The van der Waals surface area contributed by atoms with Crippen molar-refractivity contribution in [1.82, 2.24) is 19.7 Å². The Hall–Kier alpha value is -1.05. The number of aryl methyl sites for hydroxylation is 1. The fourth-order valence-electron chi connectivity index (χ4n) is 2.48. The Kier molecular flexibility index (Phi) is 4.00. The predicted octanol–water partition coefficient (Wildman–Crippen LogP) is 3.50. The van der Waals surface area contributed by atoms with Gasteiger partial charge in [-0.15, -0.1) is 11.3 Å². The van der Waals surface area contributed by atoms with Gasteiger partial charge < -0.3 is 4.74 Å². The Morgan fingerprint density at radius 2 is 2.35 bits per heavy atom. The van der Waals surface area contributed by atoms with Gasteiger partial charge >= 0.3 is 0 Å². The molecule has 0 aromatic carbocycles. The van der Waals surface area contributed by atoms with Crippen LogP contribution in [0.25, 0.3) is 10.7 Å². The van der Waals surface area contributed by atoms with Gasteiger partial charge in [0.1, 0.15) is 11.1 Å². The van der Waals surface area contributed by atoms with Crippen molar-refractivity contribution in [3.63, 3.8) is 0 Å². The van der Waals surface area contributed by atoms with E-state index in [0.717, 1.165) is 53.8 Å². The molecule has 3 heterocycles. The van der Waals surface area contributed by atoms with Gasteiger partial charge in [-0.05, 0) is 38.4 Å². The second kappa shape index (κ2) is 5.75. The van der Waals surface area contributed by atoms with E-state index < -0.39 is 0 Å². The van der Waals surface area contributed by atoms with Crippen molar-refractivity contribution in [2.75, 3.05) is 6.61 Å².